The second-order valence-corrected chi connectivity index (χ2v) is 6.70. The number of amides is 1. The van der Waals surface area contributed by atoms with E-state index in [0.29, 0.717) is 23.9 Å². The molecule has 0 saturated carbocycles. The molecule has 142 valence electrons. The van der Waals surface area contributed by atoms with E-state index in [2.05, 4.69) is 20.3 Å². The van der Waals surface area contributed by atoms with Crippen molar-refractivity contribution in [1.29, 1.82) is 0 Å². The summed E-state index contributed by atoms with van der Waals surface area (Å²) in [6, 6.07) is 9.32. The van der Waals surface area contributed by atoms with Crippen LogP contribution in [0.5, 0.6) is 0 Å². The summed E-state index contributed by atoms with van der Waals surface area (Å²) in [4.78, 5) is 27.7. The van der Waals surface area contributed by atoms with Gasteiger partial charge in [0, 0.05) is 24.9 Å². The number of anilines is 2. The van der Waals surface area contributed by atoms with Gasteiger partial charge in [0.25, 0.3) is 0 Å². The Bertz CT molecular complexity index is 1010. The third-order valence-corrected chi connectivity index (χ3v) is 4.69. The van der Waals surface area contributed by atoms with E-state index >= 15 is 0 Å². The monoisotopic (exact) mass is 375 g/mol. The molecule has 0 unspecified atom stereocenters. The Morgan fingerprint density at radius 2 is 2.18 bits per heavy atom. The third kappa shape index (κ3) is 3.78. The molecule has 1 amide bonds. The first kappa shape index (κ1) is 17.9. The summed E-state index contributed by atoms with van der Waals surface area (Å²) in [5, 5.41) is 3.25. The molecule has 1 aliphatic heterocycles. The second-order valence-electron chi connectivity index (χ2n) is 6.70. The number of aryl methyl sites for hydroxylation is 2. The molecular formula is C21H21N5O2. The number of likely N-dealkylation sites (tertiary alicyclic amines) is 1. The van der Waals surface area contributed by atoms with Crippen molar-refractivity contribution < 1.29 is 9.21 Å². The van der Waals surface area contributed by atoms with E-state index in [-0.39, 0.29) is 11.9 Å². The largest absolute Gasteiger partial charge is 0.465 e. The van der Waals surface area contributed by atoms with Crippen LogP contribution in [0.3, 0.4) is 0 Å². The molecular weight excluding hydrogens is 354 g/mol. The summed E-state index contributed by atoms with van der Waals surface area (Å²) in [5.74, 6) is 2.68. The molecule has 0 bridgehead atoms. The van der Waals surface area contributed by atoms with Crippen LogP contribution in [0, 0.1) is 13.8 Å². The fourth-order valence-electron chi connectivity index (χ4n) is 3.16. The molecule has 0 spiro atoms. The van der Waals surface area contributed by atoms with Crippen LogP contribution in [0.2, 0.25) is 0 Å². The molecule has 1 atom stereocenters. The van der Waals surface area contributed by atoms with Gasteiger partial charge in [0.1, 0.15) is 23.2 Å². The molecule has 4 heterocycles. The normalized spacial score (nSPS) is 16.2. The Hall–Kier alpha value is -3.48. The van der Waals surface area contributed by atoms with Crippen LogP contribution in [-0.4, -0.2) is 32.3 Å². The minimum Gasteiger partial charge on any atom is -0.465 e. The number of aromatic nitrogens is 3. The lowest BCUT2D eigenvalue weighted by molar-refractivity contribution is -0.133. The van der Waals surface area contributed by atoms with Crippen molar-refractivity contribution in [1.82, 2.24) is 19.9 Å². The lowest BCUT2D eigenvalue weighted by atomic mass is 9.98. The van der Waals surface area contributed by atoms with Gasteiger partial charge in [-0.2, -0.15) is 0 Å². The van der Waals surface area contributed by atoms with Gasteiger partial charge in [0.2, 0.25) is 5.91 Å². The average molecular weight is 375 g/mol. The molecule has 28 heavy (non-hydrogen) atoms. The standard InChI is InChI=1S/C21H21N5O2/c1-14-5-3-10-22-21(14)25-19-13-17(23-15(2)24-19)18-9-11-26(18)20(27)8-7-16-6-4-12-28-16/h3-8,10,12-13,18H,9,11H2,1-2H3,(H,22,23,24,25)/b8-7+/t18-/m1/s1. The first-order chi connectivity index (χ1) is 13.6. The molecule has 0 aliphatic carbocycles. The van der Waals surface area contributed by atoms with Gasteiger partial charge in [-0.05, 0) is 50.1 Å². The summed E-state index contributed by atoms with van der Waals surface area (Å²) in [6.07, 6.45) is 7.41. The van der Waals surface area contributed by atoms with E-state index in [1.54, 1.807) is 29.5 Å². The van der Waals surface area contributed by atoms with E-state index in [0.717, 1.165) is 23.5 Å². The van der Waals surface area contributed by atoms with Crippen LogP contribution in [0.4, 0.5) is 11.6 Å². The Morgan fingerprint density at radius 3 is 2.89 bits per heavy atom. The van der Waals surface area contributed by atoms with E-state index in [4.69, 9.17) is 4.42 Å². The highest BCUT2D eigenvalue weighted by molar-refractivity contribution is 5.92. The van der Waals surface area contributed by atoms with Gasteiger partial charge in [-0.15, -0.1) is 0 Å². The molecule has 1 aliphatic rings. The zero-order valence-corrected chi connectivity index (χ0v) is 15.8. The van der Waals surface area contributed by atoms with E-state index in [9.17, 15) is 4.79 Å². The molecule has 0 radical (unpaired) electrons. The highest BCUT2D eigenvalue weighted by atomic mass is 16.3. The van der Waals surface area contributed by atoms with Gasteiger partial charge in [-0.1, -0.05) is 6.07 Å². The molecule has 4 rings (SSSR count). The van der Waals surface area contributed by atoms with E-state index in [1.807, 2.05) is 38.1 Å². The summed E-state index contributed by atoms with van der Waals surface area (Å²) in [5.41, 5.74) is 1.86. The number of hydrogen-bond acceptors (Lipinski definition) is 6. The van der Waals surface area contributed by atoms with Crippen molar-refractivity contribution >= 4 is 23.6 Å². The van der Waals surface area contributed by atoms with Gasteiger partial charge in [-0.25, -0.2) is 15.0 Å². The Balaban J connectivity index is 1.51. The number of furan rings is 1. The predicted molar refractivity (Wildman–Crippen MR) is 106 cm³/mol. The number of rotatable bonds is 5. The van der Waals surface area contributed by atoms with Crippen LogP contribution in [-0.2, 0) is 4.79 Å². The van der Waals surface area contributed by atoms with Gasteiger partial charge < -0.3 is 14.6 Å². The Labute approximate surface area is 163 Å². The SMILES string of the molecule is Cc1nc(Nc2ncccc2C)cc([C@H]2CCN2C(=O)/C=C/c2ccco2)n1. The minimum atomic E-state index is -0.0565. The van der Waals surface area contributed by atoms with Gasteiger partial charge in [0.15, 0.2) is 0 Å². The number of carbonyl (C=O) groups excluding carboxylic acids is 1. The van der Waals surface area contributed by atoms with Gasteiger partial charge in [-0.3, -0.25) is 4.79 Å². The van der Waals surface area contributed by atoms with Crippen LogP contribution in [0.1, 0.15) is 35.3 Å². The van der Waals surface area contributed by atoms with Crippen LogP contribution in [0.25, 0.3) is 6.08 Å². The molecule has 1 saturated heterocycles. The zero-order chi connectivity index (χ0) is 19.5. The summed E-state index contributed by atoms with van der Waals surface area (Å²) in [7, 11) is 0. The molecule has 1 fully saturated rings. The predicted octanol–water partition coefficient (Wildman–Crippen LogP) is 3.81. The molecule has 1 N–H and O–H groups in total. The van der Waals surface area contributed by atoms with Crippen molar-refractivity contribution in [2.75, 3.05) is 11.9 Å². The maximum atomic E-state index is 12.5. The first-order valence-corrected chi connectivity index (χ1v) is 9.16. The van der Waals surface area contributed by atoms with Crippen LogP contribution >= 0.6 is 0 Å². The lowest BCUT2D eigenvalue weighted by Gasteiger charge is -2.40. The maximum absolute atomic E-state index is 12.5. The number of hydrogen-bond donors (Lipinski definition) is 1. The minimum absolute atomic E-state index is 0.0548. The maximum Gasteiger partial charge on any atom is 0.247 e. The molecule has 0 aromatic carbocycles. The second kappa shape index (κ2) is 7.64. The fourth-order valence-corrected chi connectivity index (χ4v) is 3.16. The topological polar surface area (TPSA) is 84.2 Å². The fraction of sp³-hybridized carbons (Fsp3) is 0.238. The summed E-state index contributed by atoms with van der Waals surface area (Å²) in [6.45, 7) is 4.54. The van der Waals surface area contributed by atoms with Crippen molar-refractivity contribution in [2.24, 2.45) is 0 Å². The number of nitrogens with zero attached hydrogens (tertiary/aromatic N) is 4. The Morgan fingerprint density at radius 1 is 1.29 bits per heavy atom. The van der Waals surface area contributed by atoms with Crippen molar-refractivity contribution in [2.45, 2.75) is 26.3 Å². The third-order valence-electron chi connectivity index (χ3n) is 4.69. The molecule has 3 aromatic heterocycles. The lowest BCUT2D eigenvalue weighted by Crippen LogP contribution is -2.44. The highest BCUT2D eigenvalue weighted by Crippen LogP contribution is 2.33. The highest BCUT2D eigenvalue weighted by Gasteiger charge is 2.33. The zero-order valence-electron chi connectivity index (χ0n) is 15.8. The summed E-state index contributed by atoms with van der Waals surface area (Å²) < 4.78 is 5.23. The van der Waals surface area contributed by atoms with Gasteiger partial charge in [0.05, 0.1) is 18.0 Å². The van der Waals surface area contributed by atoms with Crippen molar-refractivity contribution in [3.63, 3.8) is 0 Å². The van der Waals surface area contributed by atoms with E-state index in [1.165, 1.54) is 6.08 Å². The molecule has 7 heteroatoms. The van der Waals surface area contributed by atoms with Gasteiger partial charge >= 0.3 is 0 Å². The molecule has 7 nitrogen and oxygen atoms in total. The number of pyridine rings is 1. The number of carbonyl (C=O) groups is 1. The van der Waals surface area contributed by atoms with Crippen LogP contribution < -0.4 is 5.32 Å². The first-order valence-electron chi connectivity index (χ1n) is 9.16. The number of nitrogens with one attached hydrogen (secondary N) is 1. The Kier molecular flexibility index (Phi) is 4.89. The van der Waals surface area contributed by atoms with Crippen molar-refractivity contribution in [3.05, 3.63) is 71.7 Å². The quantitative estimate of drug-likeness (QED) is 0.683. The van der Waals surface area contributed by atoms with E-state index < -0.39 is 0 Å². The molecule has 3 aromatic rings. The smallest absolute Gasteiger partial charge is 0.247 e. The summed E-state index contributed by atoms with van der Waals surface area (Å²) >= 11 is 0. The average Bonchev–Trinajstić information content (AvgIpc) is 3.14. The van der Waals surface area contributed by atoms with Crippen LogP contribution in [0.15, 0.2) is 53.3 Å². The van der Waals surface area contributed by atoms with Crippen molar-refractivity contribution in [3.8, 4) is 0 Å².